The Balaban J connectivity index is 1.54. The van der Waals surface area contributed by atoms with Crippen LogP contribution in [0.5, 0.6) is 0 Å². The highest BCUT2D eigenvalue weighted by Gasteiger charge is 2.33. The molecule has 0 saturated carbocycles. The number of fused-ring (bicyclic) bond motifs is 1. The van der Waals surface area contributed by atoms with E-state index in [0.29, 0.717) is 5.75 Å². The van der Waals surface area contributed by atoms with Crippen LogP contribution in [0.15, 0.2) is 53.4 Å². The van der Waals surface area contributed by atoms with Gasteiger partial charge in [-0.3, -0.25) is 9.59 Å². The summed E-state index contributed by atoms with van der Waals surface area (Å²) in [6.45, 7) is 2.95. The van der Waals surface area contributed by atoms with Crippen molar-refractivity contribution in [3.63, 3.8) is 0 Å². The second-order valence-electron chi connectivity index (χ2n) is 6.89. The van der Waals surface area contributed by atoms with Gasteiger partial charge in [0.1, 0.15) is 6.54 Å². The van der Waals surface area contributed by atoms with Crippen LogP contribution in [0.1, 0.15) is 30.0 Å². The zero-order valence-corrected chi connectivity index (χ0v) is 15.7. The molecule has 2 aromatic carbocycles. The number of anilines is 1. The van der Waals surface area contributed by atoms with Gasteiger partial charge in [0.2, 0.25) is 11.8 Å². The molecule has 2 amide bonds. The smallest absolute Gasteiger partial charge is 0.243 e. The lowest BCUT2D eigenvalue weighted by molar-refractivity contribution is -0.132. The number of hydrogen-bond donors (Lipinski definition) is 0. The van der Waals surface area contributed by atoms with Gasteiger partial charge >= 0.3 is 0 Å². The molecule has 2 aliphatic heterocycles. The van der Waals surface area contributed by atoms with Gasteiger partial charge in [-0.15, -0.1) is 11.8 Å². The van der Waals surface area contributed by atoms with Gasteiger partial charge in [0.25, 0.3) is 0 Å². The normalized spacial score (nSPS) is 19.6. The standard InChI is InChI=1S/C21H22N2O2S/c1-15-8-10-16(11-9-15)17-6-4-12-22(17)20(24)13-23-18-5-2-3-7-19(18)26-14-21(23)25/h2-3,5,7-11,17H,4,6,12-14H2,1H3. The summed E-state index contributed by atoms with van der Waals surface area (Å²) in [7, 11) is 0. The molecule has 2 aliphatic rings. The van der Waals surface area contributed by atoms with Gasteiger partial charge in [-0.1, -0.05) is 42.0 Å². The molecular formula is C21H22N2O2S. The lowest BCUT2D eigenvalue weighted by Crippen LogP contribution is -2.44. The van der Waals surface area contributed by atoms with E-state index in [9.17, 15) is 9.59 Å². The van der Waals surface area contributed by atoms with Crippen molar-refractivity contribution in [1.82, 2.24) is 4.90 Å². The fourth-order valence-corrected chi connectivity index (χ4v) is 4.69. The monoisotopic (exact) mass is 366 g/mol. The molecule has 1 atom stereocenters. The van der Waals surface area contributed by atoms with E-state index in [1.165, 1.54) is 11.1 Å². The van der Waals surface area contributed by atoms with E-state index in [1.807, 2.05) is 29.2 Å². The molecule has 1 saturated heterocycles. The zero-order chi connectivity index (χ0) is 18.1. The van der Waals surface area contributed by atoms with Crippen LogP contribution in [0, 0.1) is 6.92 Å². The Labute approximate surface area is 158 Å². The van der Waals surface area contributed by atoms with Crippen molar-refractivity contribution in [3.05, 3.63) is 59.7 Å². The summed E-state index contributed by atoms with van der Waals surface area (Å²) in [5.41, 5.74) is 3.26. The fraction of sp³-hybridized carbons (Fsp3) is 0.333. The summed E-state index contributed by atoms with van der Waals surface area (Å²) in [6.07, 6.45) is 1.99. The number of rotatable bonds is 3. The number of carbonyl (C=O) groups excluding carboxylic acids is 2. The lowest BCUT2D eigenvalue weighted by Gasteiger charge is -2.32. The highest BCUT2D eigenvalue weighted by atomic mass is 32.2. The molecule has 1 unspecified atom stereocenters. The minimum atomic E-state index is 0.00753. The summed E-state index contributed by atoms with van der Waals surface area (Å²) in [6, 6.07) is 16.4. The SMILES string of the molecule is Cc1ccc(C2CCCN2C(=O)CN2C(=O)CSc3ccccc32)cc1. The zero-order valence-electron chi connectivity index (χ0n) is 14.9. The van der Waals surface area contributed by atoms with E-state index in [1.54, 1.807) is 16.7 Å². The Morgan fingerprint density at radius 2 is 1.92 bits per heavy atom. The molecular weight excluding hydrogens is 344 g/mol. The van der Waals surface area contributed by atoms with E-state index in [-0.39, 0.29) is 24.4 Å². The Morgan fingerprint density at radius 1 is 1.15 bits per heavy atom. The number of hydrogen-bond acceptors (Lipinski definition) is 3. The number of aryl methyl sites for hydroxylation is 1. The topological polar surface area (TPSA) is 40.6 Å². The quantitative estimate of drug-likeness (QED) is 0.830. The Bertz CT molecular complexity index is 834. The predicted molar refractivity (Wildman–Crippen MR) is 104 cm³/mol. The molecule has 26 heavy (non-hydrogen) atoms. The Morgan fingerprint density at radius 3 is 2.73 bits per heavy atom. The van der Waals surface area contributed by atoms with E-state index < -0.39 is 0 Å². The second kappa shape index (κ2) is 7.16. The molecule has 0 N–H and O–H groups in total. The first kappa shape index (κ1) is 17.2. The van der Waals surface area contributed by atoms with Gasteiger partial charge in [0.05, 0.1) is 17.5 Å². The van der Waals surface area contributed by atoms with Crippen LogP contribution < -0.4 is 4.90 Å². The Hall–Kier alpha value is -2.27. The van der Waals surface area contributed by atoms with E-state index >= 15 is 0 Å². The summed E-state index contributed by atoms with van der Waals surface area (Å²) < 4.78 is 0. The van der Waals surface area contributed by atoms with Crippen molar-refractivity contribution in [2.75, 3.05) is 23.7 Å². The minimum absolute atomic E-state index is 0.00753. The average molecular weight is 366 g/mol. The summed E-state index contributed by atoms with van der Waals surface area (Å²) in [4.78, 5) is 30.1. The number of likely N-dealkylation sites (tertiary alicyclic amines) is 1. The highest BCUT2D eigenvalue weighted by molar-refractivity contribution is 8.00. The number of nitrogens with zero attached hydrogens (tertiary/aromatic N) is 2. The number of carbonyl (C=O) groups is 2. The minimum Gasteiger partial charge on any atom is -0.334 e. The molecule has 0 aliphatic carbocycles. The Kier molecular flexibility index (Phi) is 4.72. The van der Waals surface area contributed by atoms with Crippen molar-refractivity contribution in [3.8, 4) is 0 Å². The third kappa shape index (κ3) is 3.23. The van der Waals surface area contributed by atoms with Crippen LogP contribution in [-0.2, 0) is 9.59 Å². The van der Waals surface area contributed by atoms with Crippen molar-refractivity contribution >= 4 is 29.3 Å². The lowest BCUT2D eigenvalue weighted by atomic mass is 10.0. The van der Waals surface area contributed by atoms with Gasteiger partial charge in [-0.25, -0.2) is 0 Å². The molecule has 0 aromatic heterocycles. The molecule has 0 radical (unpaired) electrons. The molecule has 1 fully saturated rings. The first-order chi connectivity index (χ1) is 12.6. The van der Waals surface area contributed by atoms with Gasteiger partial charge in [-0.2, -0.15) is 0 Å². The van der Waals surface area contributed by atoms with Crippen molar-refractivity contribution in [1.29, 1.82) is 0 Å². The molecule has 2 aromatic rings. The average Bonchev–Trinajstić information content (AvgIpc) is 3.14. The van der Waals surface area contributed by atoms with Crippen LogP contribution in [0.2, 0.25) is 0 Å². The van der Waals surface area contributed by atoms with Gasteiger partial charge in [-0.05, 0) is 37.5 Å². The van der Waals surface area contributed by atoms with E-state index in [0.717, 1.165) is 30.0 Å². The predicted octanol–water partition coefficient (Wildman–Crippen LogP) is 3.80. The number of para-hydroxylation sites is 1. The molecule has 2 heterocycles. The second-order valence-corrected chi connectivity index (χ2v) is 7.91. The maximum atomic E-state index is 13.0. The van der Waals surface area contributed by atoms with Crippen LogP contribution in [-0.4, -0.2) is 35.6 Å². The third-order valence-corrected chi connectivity index (χ3v) is 6.18. The number of benzene rings is 2. The van der Waals surface area contributed by atoms with Crippen LogP contribution in [0.25, 0.3) is 0 Å². The van der Waals surface area contributed by atoms with E-state index in [4.69, 9.17) is 0 Å². The fourth-order valence-electron chi connectivity index (χ4n) is 3.75. The molecule has 4 rings (SSSR count). The molecule has 0 spiro atoms. The van der Waals surface area contributed by atoms with Gasteiger partial charge in [0.15, 0.2) is 0 Å². The molecule has 5 heteroatoms. The maximum absolute atomic E-state index is 13.0. The maximum Gasteiger partial charge on any atom is 0.243 e. The van der Waals surface area contributed by atoms with Crippen molar-refractivity contribution in [2.24, 2.45) is 0 Å². The van der Waals surface area contributed by atoms with Gasteiger partial charge in [0, 0.05) is 11.4 Å². The van der Waals surface area contributed by atoms with Crippen molar-refractivity contribution in [2.45, 2.75) is 30.7 Å². The molecule has 4 nitrogen and oxygen atoms in total. The van der Waals surface area contributed by atoms with Gasteiger partial charge < -0.3 is 9.80 Å². The van der Waals surface area contributed by atoms with Crippen LogP contribution in [0.4, 0.5) is 5.69 Å². The number of thioether (sulfide) groups is 1. The number of amides is 2. The summed E-state index contributed by atoms with van der Waals surface area (Å²) in [5, 5.41) is 0. The summed E-state index contributed by atoms with van der Waals surface area (Å²) in [5.74, 6) is 0.433. The van der Waals surface area contributed by atoms with Crippen molar-refractivity contribution < 1.29 is 9.59 Å². The first-order valence-electron chi connectivity index (χ1n) is 9.02. The first-order valence-corrected chi connectivity index (χ1v) is 10.0. The van der Waals surface area contributed by atoms with Crippen LogP contribution in [0.3, 0.4) is 0 Å². The largest absolute Gasteiger partial charge is 0.334 e. The highest BCUT2D eigenvalue weighted by Crippen LogP contribution is 2.36. The third-order valence-electron chi connectivity index (χ3n) is 5.14. The summed E-state index contributed by atoms with van der Waals surface area (Å²) >= 11 is 1.54. The van der Waals surface area contributed by atoms with Crippen LogP contribution >= 0.6 is 11.8 Å². The molecule has 0 bridgehead atoms. The van der Waals surface area contributed by atoms with E-state index in [2.05, 4.69) is 31.2 Å². The molecule has 134 valence electrons.